The molecule has 0 aromatic heterocycles. The minimum atomic E-state index is -5.82. The first-order chi connectivity index (χ1) is 9.67. The number of carbonyl (C=O) groups is 1. The zero-order valence-corrected chi connectivity index (χ0v) is 14.6. The smallest absolute Gasteiger partial charge is 0.376 e. The van der Waals surface area contributed by atoms with Crippen molar-refractivity contribution >= 4 is 24.0 Å². The molecule has 126 valence electrons. The van der Waals surface area contributed by atoms with Gasteiger partial charge in [0.15, 0.2) is 5.78 Å². The number of hydrogen-bond donors (Lipinski definition) is 0. The Morgan fingerprint density at radius 2 is 1.68 bits per heavy atom. The first kappa shape index (κ1) is 18.9. The maximum Gasteiger partial charge on any atom is 0.534 e. The Morgan fingerprint density at radius 1 is 1.18 bits per heavy atom. The molecule has 22 heavy (non-hydrogen) atoms. The van der Waals surface area contributed by atoms with Crippen LogP contribution in [0.15, 0.2) is 23.1 Å². The van der Waals surface area contributed by atoms with Gasteiger partial charge in [0, 0.05) is 7.11 Å². The van der Waals surface area contributed by atoms with Gasteiger partial charge in [-0.25, -0.2) is 0 Å². The van der Waals surface area contributed by atoms with Crippen LogP contribution in [0.3, 0.4) is 0 Å². The Balaban J connectivity index is 3.56. The van der Waals surface area contributed by atoms with Crippen LogP contribution >= 0.6 is 0 Å². The van der Waals surface area contributed by atoms with E-state index in [9.17, 15) is 26.4 Å². The Labute approximate surface area is 127 Å². The van der Waals surface area contributed by atoms with Gasteiger partial charge in [-0.2, -0.15) is 21.6 Å². The van der Waals surface area contributed by atoms with Gasteiger partial charge in [0.25, 0.3) is 0 Å². The molecule has 1 aliphatic carbocycles. The van der Waals surface area contributed by atoms with Crippen LogP contribution < -0.4 is 0 Å². The largest absolute Gasteiger partial charge is 0.534 e. The second-order valence-electron chi connectivity index (χ2n) is 5.91. The molecule has 1 aliphatic rings. The molecule has 0 fully saturated rings. The van der Waals surface area contributed by atoms with Crippen molar-refractivity contribution in [3.05, 3.63) is 23.1 Å². The maximum atomic E-state index is 12.5. The molecule has 0 spiro atoms. The quantitative estimate of drug-likeness (QED) is 0.439. The second-order valence-corrected chi connectivity index (χ2v) is 12.4. The van der Waals surface area contributed by atoms with E-state index in [2.05, 4.69) is 4.18 Å². The minimum absolute atomic E-state index is 0.155. The van der Waals surface area contributed by atoms with Crippen LogP contribution in [-0.4, -0.2) is 40.5 Å². The van der Waals surface area contributed by atoms with Crippen molar-refractivity contribution < 1.29 is 35.3 Å². The SMILES string of the molecule is CO[C@]1(C)C(=O)C=CC(OS(=O)(=O)C(F)(F)F)=C1[Si](C)(C)C. The molecule has 0 amide bonds. The molecule has 0 saturated heterocycles. The van der Waals surface area contributed by atoms with Crippen LogP contribution in [0.25, 0.3) is 0 Å². The predicted molar refractivity (Wildman–Crippen MR) is 76.0 cm³/mol. The molecule has 1 atom stereocenters. The zero-order chi connectivity index (χ0) is 17.6. The number of halogens is 3. The summed E-state index contributed by atoms with van der Waals surface area (Å²) in [6.07, 6.45) is 1.90. The van der Waals surface area contributed by atoms with E-state index in [1.807, 2.05) is 0 Å². The first-order valence-corrected chi connectivity index (χ1v) is 11.1. The molecule has 0 radical (unpaired) electrons. The third kappa shape index (κ3) is 3.28. The lowest BCUT2D eigenvalue weighted by atomic mass is 9.94. The fourth-order valence-corrected chi connectivity index (χ4v) is 5.35. The normalized spacial score (nSPS) is 23.9. The Morgan fingerprint density at radius 3 is 2.05 bits per heavy atom. The first-order valence-electron chi connectivity index (χ1n) is 6.20. The van der Waals surface area contributed by atoms with E-state index < -0.39 is 40.8 Å². The third-order valence-corrected chi connectivity index (χ3v) is 6.41. The van der Waals surface area contributed by atoms with Gasteiger partial charge in [0.1, 0.15) is 11.4 Å². The lowest BCUT2D eigenvalue weighted by molar-refractivity contribution is -0.130. The topological polar surface area (TPSA) is 69.7 Å². The van der Waals surface area contributed by atoms with Gasteiger partial charge in [-0.15, -0.1) is 0 Å². The molecule has 1 rings (SSSR count). The summed E-state index contributed by atoms with van der Waals surface area (Å²) >= 11 is 0. The summed E-state index contributed by atoms with van der Waals surface area (Å²) in [5, 5.41) is 0.155. The summed E-state index contributed by atoms with van der Waals surface area (Å²) < 4.78 is 69.5. The van der Waals surface area contributed by atoms with Crippen molar-refractivity contribution in [1.29, 1.82) is 0 Å². The van der Waals surface area contributed by atoms with Crippen molar-refractivity contribution in [2.75, 3.05) is 7.11 Å². The summed E-state index contributed by atoms with van der Waals surface area (Å²) in [6.45, 7) is 6.62. The lowest BCUT2D eigenvalue weighted by Crippen LogP contribution is -2.50. The standard InChI is InChI=1S/C12H17F3O5SSi/c1-11(19-2)9(16)7-6-8(10(11)22(3,4)5)20-21(17,18)12(13,14)15/h6-7H,1-5H3/t11-/m1/s1. The molecule has 0 aromatic rings. The number of allylic oxidation sites excluding steroid dienone is 1. The highest BCUT2D eigenvalue weighted by atomic mass is 32.2. The van der Waals surface area contributed by atoms with Crippen LogP contribution in [-0.2, 0) is 23.8 Å². The van der Waals surface area contributed by atoms with E-state index in [4.69, 9.17) is 4.74 Å². The van der Waals surface area contributed by atoms with E-state index in [0.717, 1.165) is 12.2 Å². The van der Waals surface area contributed by atoms with Crippen LogP contribution in [0.5, 0.6) is 0 Å². The highest BCUT2D eigenvalue weighted by Crippen LogP contribution is 2.39. The van der Waals surface area contributed by atoms with E-state index in [0.29, 0.717) is 0 Å². The number of alkyl halides is 3. The van der Waals surface area contributed by atoms with Gasteiger partial charge in [-0.1, -0.05) is 19.6 Å². The average molecular weight is 358 g/mol. The number of ketones is 1. The number of ether oxygens (including phenoxy) is 1. The van der Waals surface area contributed by atoms with Crippen molar-refractivity contribution in [3.63, 3.8) is 0 Å². The van der Waals surface area contributed by atoms with E-state index in [1.165, 1.54) is 14.0 Å². The summed E-state index contributed by atoms with van der Waals surface area (Å²) in [7, 11) is -7.04. The zero-order valence-electron chi connectivity index (χ0n) is 12.7. The van der Waals surface area contributed by atoms with Gasteiger partial charge >= 0.3 is 15.6 Å². The van der Waals surface area contributed by atoms with E-state index in [-0.39, 0.29) is 5.20 Å². The van der Waals surface area contributed by atoms with Crippen molar-refractivity contribution in [2.24, 2.45) is 0 Å². The summed E-state index contributed by atoms with van der Waals surface area (Å²) in [5.41, 5.74) is -7.10. The Bertz CT molecular complexity index is 643. The van der Waals surface area contributed by atoms with Crippen molar-refractivity contribution in [3.8, 4) is 0 Å². The molecule has 0 heterocycles. The molecular weight excluding hydrogens is 341 g/mol. The van der Waals surface area contributed by atoms with Crippen LogP contribution in [0.4, 0.5) is 13.2 Å². The summed E-state index contributed by atoms with van der Waals surface area (Å²) in [5.74, 6) is -0.982. The fourth-order valence-electron chi connectivity index (χ4n) is 2.27. The number of hydrogen-bond acceptors (Lipinski definition) is 5. The van der Waals surface area contributed by atoms with Crippen LogP contribution in [0.1, 0.15) is 6.92 Å². The predicted octanol–water partition coefficient (Wildman–Crippen LogP) is 2.53. The fraction of sp³-hybridized carbons (Fsp3) is 0.583. The van der Waals surface area contributed by atoms with Crippen molar-refractivity contribution in [2.45, 2.75) is 37.7 Å². The molecule has 0 N–H and O–H groups in total. The monoisotopic (exact) mass is 358 g/mol. The molecule has 0 bridgehead atoms. The third-order valence-electron chi connectivity index (χ3n) is 3.22. The number of rotatable bonds is 4. The van der Waals surface area contributed by atoms with Gasteiger partial charge in [-0.05, 0) is 24.3 Å². The summed E-state index contributed by atoms with van der Waals surface area (Å²) in [6, 6.07) is 0. The van der Waals surface area contributed by atoms with E-state index in [1.54, 1.807) is 19.6 Å². The van der Waals surface area contributed by atoms with Crippen molar-refractivity contribution in [1.82, 2.24) is 0 Å². The molecule has 0 aromatic carbocycles. The maximum absolute atomic E-state index is 12.5. The number of methoxy groups -OCH3 is 1. The molecule has 10 heteroatoms. The molecule has 0 saturated carbocycles. The van der Waals surface area contributed by atoms with E-state index >= 15 is 0 Å². The van der Waals surface area contributed by atoms with Gasteiger partial charge < -0.3 is 8.92 Å². The molecule has 5 nitrogen and oxygen atoms in total. The summed E-state index contributed by atoms with van der Waals surface area (Å²) in [4.78, 5) is 12.1. The molecule has 0 aliphatic heterocycles. The highest BCUT2D eigenvalue weighted by Gasteiger charge is 2.52. The second kappa shape index (κ2) is 5.50. The minimum Gasteiger partial charge on any atom is -0.376 e. The number of carbonyl (C=O) groups excluding carboxylic acids is 1. The van der Waals surface area contributed by atoms with Gasteiger partial charge in [0.05, 0.1) is 8.07 Å². The Hall–Kier alpha value is -1.13. The average Bonchev–Trinajstić information content (AvgIpc) is 2.30. The molecule has 0 unspecified atom stereocenters. The lowest BCUT2D eigenvalue weighted by Gasteiger charge is -2.38. The van der Waals surface area contributed by atoms with Crippen LogP contribution in [0.2, 0.25) is 19.6 Å². The Kier molecular flexibility index (Phi) is 4.73. The van der Waals surface area contributed by atoms with Gasteiger partial charge in [-0.3, -0.25) is 4.79 Å². The highest BCUT2D eigenvalue weighted by molar-refractivity contribution is 7.87. The van der Waals surface area contributed by atoms with Gasteiger partial charge in [0.2, 0.25) is 0 Å². The molecular formula is C12H17F3O5SSi. The van der Waals surface area contributed by atoms with Crippen LogP contribution in [0, 0.1) is 0 Å².